The zero-order valence-corrected chi connectivity index (χ0v) is 20.7. The van der Waals surface area contributed by atoms with E-state index in [-0.39, 0.29) is 12.5 Å². The number of rotatable bonds is 7. The maximum Gasteiger partial charge on any atom is 0.242 e. The topological polar surface area (TPSA) is 136 Å². The maximum atomic E-state index is 12.5. The third kappa shape index (κ3) is 4.85. The second-order valence-corrected chi connectivity index (χ2v) is 10.5. The van der Waals surface area contributed by atoms with Crippen LogP contribution in [0.5, 0.6) is 0 Å². The van der Waals surface area contributed by atoms with Crippen molar-refractivity contribution in [2.24, 2.45) is 5.73 Å². The van der Waals surface area contributed by atoms with Gasteiger partial charge in [0.25, 0.3) is 0 Å². The minimum atomic E-state index is -0.844. The SMILES string of the molecule is CC(C)(N)C(=O)N1CCN(Cc2cc3nc(-c4cccc5[nH]ncc45)nc(NCCO)c3s2)CC1. The minimum absolute atomic E-state index is 0.00550. The van der Waals surface area contributed by atoms with Crippen LogP contribution in [0.4, 0.5) is 5.82 Å². The first-order valence-corrected chi connectivity index (χ1v) is 12.5. The van der Waals surface area contributed by atoms with Gasteiger partial charge in [0.15, 0.2) is 5.82 Å². The van der Waals surface area contributed by atoms with E-state index in [0.717, 1.165) is 52.1 Å². The van der Waals surface area contributed by atoms with Crippen LogP contribution in [0.2, 0.25) is 0 Å². The minimum Gasteiger partial charge on any atom is -0.395 e. The Hall–Kier alpha value is -3.12. The molecule has 184 valence electrons. The molecule has 10 nitrogen and oxygen atoms in total. The van der Waals surface area contributed by atoms with Gasteiger partial charge in [0.2, 0.25) is 5.91 Å². The van der Waals surface area contributed by atoms with Crippen LogP contribution in [0.25, 0.3) is 32.5 Å². The number of thiophene rings is 1. The van der Waals surface area contributed by atoms with E-state index in [1.807, 2.05) is 23.1 Å². The predicted octanol–water partition coefficient (Wildman–Crippen LogP) is 2.02. The fourth-order valence-electron chi connectivity index (χ4n) is 4.37. The number of hydrogen-bond donors (Lipinski definition) is 4. The fraction of sp³-hybridized carbons (Fsp3) is 0.417. The number of nitrogens with two attached hydrogens (primary N) is 1. The molecule has 0 atom stereocenters. The highest BCUT2D eigenvalue weighted by Gasteiger charge is 2.30. The molecule has 0 spiro atoms. The molecule has 11 heteroatoms. The monoisotopic (exact) mass is 494 g/mol. The van der Waals surface area contributed by atoms with Crippen LogP contribution >= 0.6 is 11.3 Å². The summed E-state index contributed by atoms with van der Waals surface area (Å²) in [4.78, 5) is 27.6. The van der Waals surface area contributed by atoms with Crippen LogP contribution < -0.4 is 11.1 Å². The molecule has 4 heterocycles. The van der Waals surface area contributed by atoms with Gasteiger partial charge < -0.3 is 21.1 Å². The van der Waals surface area contributed by atoms with Crippen LogP contribution in [-0.2, 0) is 11.3 Å². The van der Waals surface area contributed by atoms with Crippen molar-refractivity contribution in [3.63, 3.8) is 0 Å². The van der Waals surface area contributed by atoms with Gasteiger partial charge in [-0.2, -0.15) is 5.10 Å². The summed E-state index contributed by atoms with van der Waals surface area (Å²) in [5, 5.41) is 20.7. The number of hydrogen-bond acceptors (Lipinski definition) is 9. The van der Waals surface area contributed by atoms with E-state index in [1.165, 1.54) is 4.88 Å². The molecule has 0 saturated carbocycles. The van der Waals surface area contributed by atoms with Crippen LogP contribution in [0.1, 0.15) is 18.7 Å². The largest absolute Gasteiger partial charge is 0.395 e. The summed E-state index contributed by atoms with van der Waals surface area (Å²) in [6.45, 7) is 7.64. The first-order valence-electron chi connectivity index (χ1n) is 11.7. The Morgan fingerprint density at radius 2 is 2.06 bits per heavy atom. The number of anilines is 1. The molecule has 1 fully saturated rings. The highest BCUT2D eigenvalue weighted by molar-refractivity contribution is 7.19. The van der Waals surface area contributed by atoms with Crippen molar-refractivity contribution in [3.8, 4) is 11.4 Å². The Morgan fingerprint density at radius 1 is 1.26 bits per heavy atom. The Bertz CT molecular complexity index is 1350. The van der Waals surface area contributed by atoms with Crippen molar-refractivity contribution in [2.75, 3.05) is 44.6 Å². The van der Waals surface area contributed by atoms with Gasteiger partial charge >= 0.3 is 0 Å². The van der Waals surface area contributed by atoms with Gasteiger partial charge in [-0.3, -0.25) is 14.8 Å². The standard InChI is InChI=1S/C24H30N8O2S/c1-24(2,25)23(34)32-9-7-31(8-10-32)14-15-12-19-20(35-15)22(26-6-11-33)29-21(28-19)16-4-3-5-18-17(16)13-27-30-18/h3-5,12-13,33H,6-11,14,25H2,1-2H3,(H,27,30)(H,26,28,29). The third-order valence-electron chi connectivity index (χ3n) is 6.14. The Balaban J connectivity index is 1.40. The van der Waals surface area contributed by atoms with Crippen LogP contribution in [0, 0.1) is 0 Å². The first kappa shape index (κ1) is 23.6. The smallest absolute Gasteiger partial charge is 0.242 e. The van der Waals surface area contributed by atoms with E-state index < -0.39 is 5.54 Å². The zero-order valence-electron chi connectivity index (χ0n) is 19.9. The lowest BCUT2D eigenvalue weighted by atomic mass is 10.0. The number of benzene rings is 1. The van der Waals surface area contributed by atoms with Crippen LogP contribution in [0.3, 0.4) is 0 Å². The van der Waals surface area contributed by atoms with Crippen molar-refractivity contribution in [1.82, 2.24) is 30.0 Å². The molecule has 3 aromatic heterocycles. The molecular formula is C24H30N8O2S. The summed E-state index contributed by atoms with van der Waals surface area (Å²) in [7, 11) is 0. The highest BCUT2D eigenvalue weighted by Crippen LogP contribution is 2.34. The number of H-pyrrole nitrogens is 1. The van der Waals surface area contributed by atoms with Gasteiger partial charge in [-0.25, -0.2) is 9.97 Å². The number of nitrogens with one attached hydrogen (secondary N) is 2. The van der Waals surface area contributed by atoms with Gasteiger partial charge in [-0.05, 0) is 26.0 Å². The molecule has 4 aromatic rings. The lowest BCUT2D eigenvalue weighted by molar-refractivity contribution is -0.137. The number of aliphatic hydroxyl groups is 1. The summed E-state index contributed by atoms with van der Waals surface area (Å²) < 4.78 is 0.968. The van der Waals surface area contributed by atoms with Crippen molar-refractivity contribution < 1.29 is 9.90 Å². The highest BCUT2D eigenvalue weighted by atomic mass is 32.1. The number of piperazine rings is 1. The van der Waals surface area contributed by atoms with E-state index in [1.54, 1.807) is 31.4 Å². The number of carbonyl (C=O) groups is 1. The molecule has 1 aromatic carbocycles. The number of aliphatic hydroxyl groups excluding tert-OH is 1. The van der Waals surface area contributed by atoms with Gasteiger partial charge in [-0.15, -0.1) is 11.3 Å². The van der Waals surface area contributed by atoms with E-state index in [9.17, 15) is 9.90 Å². The van der Waals surface area contributed by atoms with Gasteiger partial charge in [0, 0.05) is 55.1 Å². The predicted molar refractivity (Wildman–Crippen MR) is 138 cm³/mol. The van der Waals surface area contributed by atoms with Gasteiger partial charge in [-0.1, -0.05) is 12.1 Å². The van der Waals surface area contributed by atoms with Crippen LogP contribution in [0.15, 0.2) is 30.5 Å². The summed E-state index contributed by atoms with van der Waals surface area (Å²) in [5.74, 6) is 1.33. The average Bonchev–Trinajstić information content (AvgIpc) is 3.48. The summed E-state index contributed by atoms with van der Waals surface area (Å²) in [6, 6.07) is 8.04. The molecule has 5 N–H and O–H groups in total. The molecule has 0 bridgehead atoms. The summed E-state index contributed by atoms with van der Waals surface area (Å²) in [6.07, 6.45) is 1.79. The molecular weight excluding hydrogens is 464 g/mol. The Kier molecular flexibility index (Phi) is 6.41. The normalized spacial score (nSPS) is 15.3. The first-order chi connectivity index (χ1) is 16.8. The lowest BCUT2D eigenvalue weighted by Crippen LogP contribution is -2.56. The van der Waals surface area contributed by atoms with E-state index >= 15 is 0 Å². The van der Waals surface area contributed by atoms with Gasteiger partial charge in [0.05, 0.1) is 34.1 Å². The third-order valence-corrected chi connectivity index (χ3v) is 7.26. The van der Waals surface area contributed by atoms with Crippen molar-refractivity contribution in [1.29, 1.82) is 0 Å². The van der Waals surface area contributed by atoms with Crippen molar-refractivity contribution in [2.45, 2.75) is 25.9 Å². The molecule has 5 rings (SSSR count). The molecule has 0 radical (unpaired) electrons. The zero-order chi connectivity index (χ0) is 24.6. The number of aromatic amines is 1. The number of carbonyl (C=O) groups excluding carboxylic acids is 1. The van der Waals surface area contributed by atoms with E-state index in [2.05, 4.69) is 26.5 Å². The number of aromatic nitrogens is 4. The van der Waals surface area contributed by atoms with Crippen LogP contribution in [-0.4, -0.2) is 85.8 Å². The Morgan fingerprint density at radius 3 is 2.80 bits per heavy atom. The average molecular weight is 495 g/mol. The molecule has 1 aliphatic rings. The van der Waals surface area contributed by atoms with Gasteiger partial charge in [0.1, 0.15) is 5.82 Å². The summed E-state index contributed by atoms with van der Waals surface area (Å²) in [5.41, 5.74) is 7.85. The van der Waals surface area contributed by atoms with E-state index in [4.69, 9.17) is 15.7 Å². The molecule has 0 unspecified atom stereocenters. The maximum absolute atomic E-state index is 12.5. The molecule has 1 aliphatic heterocycles. The fourth-order valence-corrected chi connectivity index (χ4v) is 5.48. The van der Waals surface area contributed by atoms with Crippen molar-refractivity contribution >= 4 is 44.2 Å². The number of nitrogens with zero attached hydrogens (tertiary/aromatic N) is 5. The van der Waals surface area contributed by atoms with E-state index in [0.29, 0.717) is 25.5 Å². The number of amides is 1. The Labute approximate surface area is 207 Å². The second kappa shape index (κ2) is 9.50. The molecule has 35 heavy (non-hydrogen) atoms. The molecule has 0 aliphatic carbocycles. The lowest BCUT2D eigenvalue weighted by Gasteiger charge is -2.37. The summed E-state index contributed by atoms with van der Waals surface area (Å²) >= 11 is 1.66. The molecule has 1 saturated heterocycles. The quantitative estimate of drug-likeness (QED) is 0.306. The van der Waals surface area contributed by atoms with Crippen molar-refractivity contribution in [3.05, 3.63) is 35.3 Å². The second-order valence-electron chi connectivity index (χ2n) is 9.40. The molecule has 1 amide bonds. The number of fused-ring (bicyclic) bond motifs is 2.